The number of amides is 1. The Morgan fingerprint density at radius 2 is 1.84 bits per heavy atom. The number of anilines is 2. The molecule has 1 amide bonds. The predicted molar refractivity (Wildman–Crippen MR) is 177 cm³/mol. The normalized spacial score (nSPS) is 18.4. The Kier molecular flexibility index (Phi) is 11.5. The summed E-state index contributed by atoms with van der Waals surface area (Å²) in [6, 6.07) is 6.28. The van der Waals surface area contributed by atoms with E-state index < -0.39 is 0 Å². The van der Waals surface area contributed by atoms with Gasteiger partial charge >= 0.3 is 0 Å². The van der Waals surface area contributed by atoms with E-state index in [2.05, 4.69) is 57.0 Å². The zero-order chi connectivity index (χ0) is 31.0. The quantitative estimate of drug-likeness (QED) is 0.299. The minimum atomic E-state index is -0.0202. The maximum absolute atomic E-state index is 12.9. The van der Waals surface area contributed by atoms with Crippen LogP contribution in [-0.4, -0.2) is 81.5 Å². The lowest BCUT2D eigenvalue weighted by molar-refractivity contribution is 0.0814. The van der Waals surface area contributed by atoms with Crippen molar-refractivity contribution >= 4 is 28.7 Å². The molecule has 0 radical (unpaired) electrons. The summed E-state index contributed by atoms with van der Waals surface area (Å²) >= 11 is 0. The van der Waals surface area contributed by atoms with Crippen LogP contribution in [0.4, 0.5) is 11.8 Å². The van der Waals surface area contributed by atoms with Crippen molar-refractivity contribution in [3.8, 4) is 0 Å². The SMILES string of the molecule is C1CC2(C1)CCN2.CC.CCCC(CC)n1c(C(=O)N(C)C)cc2cnc(Nc3ccc(C4CCN(C)CC4)cn3)nc21. The number of carbonyl (C=O) groups excluding carboxylic acids is 1. The second-order valence-corrected chi connectivity index (χ2v) is 12.4. The fraction of sp³-hybridized carbons (Fsp3) is 0.647. The summed E-state index contributed by atoms with van der Waals surface area (Å²) in [7, 11) is 5.74. The molecule has 1 spiro atoms. The highest BCUT2D eigenvalue weighted by Gasteiger charge is 2.41. The number of piperidine rings is 1. The lowest BCUT2D eigenvalue weighted by Gasteiger charge is -2.50. The lowest BCUT2D eigenvalue weighted by atomic mass is 9.70. The summed E-state index contributed by atoms with van der Waals surface area (Å²) in [6.45, 7) is 11.9. The highest BCUT2D eigenvalue weighted by atomic mass is 16.2. The molecule has 2 saturated heterocycles. The van der Waals surface area contributed by atoms with Crippen LogP contribution in [0.5, 0.6) is 0 Å². The molecule has 2 aliphatic heterocycles. The van der Waals surface area contributed by atoms with Crippen LogP contribution in [0.3, 0.4) is 0 Å². The third-order valence-corrected chi connectivity index (χ3v) is 9.29. The van der Waals surface area contributed by atoms with Crippen LogP contribution in [0.2, 0.25) is 0 Å². The summed E-state index contributed by atoms with van der Waals surface area (Å²) < 4.78 is 2.10. The number of pyridine rings is 1. The van der Waals surface area contributed by atoms with Gasteiger partial charge in [-0.05, 0) is 102 Å². The summed E-state index contributed by atoms with van der Waals surface area (Å²) in [5, 5.41) is 7.59. The number of aromatic nitrogens is 4. The van der Waals surface area contributed by atoms with E-state index in [-0.39, 0.29) is 11.9 Å². The first-order valence-electron chi connectivity index (χ1n) is 16.6. The molecule has 1 aliphatic carbocycles. The zero-order valence-electron chi connectivity index (χ0n) is 27.6. The second-order valence-electron chi connectivity index (χ2n) is 12.4. The Hall–Kier alpha value is -3.04. The van der Waals surface area contributed by atoms with Gasteiger partial charge in [0.25, 0.3) is 5.91 Å². The van der Waals surface area contributed by atoms with Crippen molar-refractivity contribution in [2.24, 2.45) is 0 Å². The topological polar surface area (TPSA) is 91.2 Å². The molecule has 9 nitrogen and oxygen atoms in total. The van der Waals surface area contributed by atoms with Crippen molar-refractivity contribution in [2.75, 3.05) is 46.1 Å². The van der Waals surface area contributed by atoms with E-state index >= 15 is 0 Å². The van der Waals surface area contributed by atoms with Crippen LogP contribution in [0, 0.1) is 0 Å². The van der Waals surface area contributed by atoms with E-state index in [1.807, 2.05) is 32.2 Å². The van der Waals surface area contributed by atoms with Crippen LogP contribution in [0.1, 0.15) is 113 Å². The van der Waals surface area contributed by atoms with Crippen molar-refractivity contribution in [1.82, 2.24) is 34.6 Å². The van der Waals surface area contributed by atoms with E-state index in [0.717, 1.165) is 49.2 Å². The number of hydrogen-bond donors (Lipinski definition) is 2. The Morgan fingerprint density at radius 1 is 1.12 bits per heavy atom. The number of likely N-dealkylation sites (tertiary alicyclic amines) is 1. The van der Waals surface area contributed by atoms with Crippen LogP contribution < -0.4 is 10.6 Å². The van der Waals surface area contributed by atoms with Gasteiger partial charge in [0.15, 0.2) is 0 Å². The van der Waals surface area contributed by atoms with E-state index in [9.17, 15) is 4.79 Å². The molecule has 2 N–H and O–H groups in total. The standard InChI is InChI=1S/C26H37N7O.C6H11N.C2H6/c1-6-8-21(7-2)33-22(25(34)31(3)4)15-20-17-28-26(30-24(20)33)29-23-10-9-19(16-27-23)18-11-13-32(5)14-12-18;1-2-6(3-1)4-5-7-6;1-2/h9-10,15-18,21H,6-8,11-14H2,1-5H3,(H,27,28,29,30);7H,1-5H2;1-2H3. The molecule has 0 bridgehead atoms. The van der Waals surface area contributed by atoms with Crippen molar-refractivity contribution in [2.45, 2.75) is 103 Å². The number of nitrogens with zero attached hydrogens (tertiary/aromatic N) is 6. The van der Waals surface area contributed by atoms with E-state index in [1.165, 1.54) is 50.6 Å². The molecule has 3 aromatic rings. The third kappa shape index (κ3) is 7.73. The van der Waals surface area contributed by atoms with Crippen molar-refractivity contribution in [3.63, 3.8) is 0 Å². The molecule has 236 valence electrons. The first kappa shape index (κ1) is 32.9. The van der Waals surface area contributed by atoms with Gasteiger partial charge in [-0.3, -0.25) is 4.79 Å². The number of carbonyl (C=O) groups is 1. The maximum atomic E-state index is 12.9. The van der Waals surface area contributed by atoms with E-state index in [1.54, 1.807) is 25.2 Å². The third-order valence-electron chi connectivity index (χ3n) is 9.29. The minimum absolute atomic E-state index is 0.0202. The second kappa shape index (κ2) is 15.1. The summed E-state index contributed by atoms with van der Waals surface area (Å²) in [4.78, 5) is 30.9. The van der Waals surface area contributed by atoms with E-state index in [0.29, 0.717) is 23.1 Å². The average molecular weight is 591 g/mol. The number of rotatable bonds is 8. The number of hydrogen-bond acceptors (Lipinski definition) is 7. The molecule has 1 atom stereocenters. The molecule has 3 aromatic heterocycles. The van der Waals surface area contributed by atoms with Gasteiger partial charge < -0.3 is 25.0 Å². The van der Waals surface area contributed by atoms with Gasteiger partial charge in [-0.2, -0.15) is 4.98 Å². The fourth-order valence-corrected chi connectivity index (χ4v) is 6.37. The van der Waals surface area contributed by atoms with E-state index in [4.69, 9.17) is 4.98 Å². The van der Waals surface area contributed by atoms with Crippen molar-refractivity contribution < 1.29 is 4.79 Å². The predicted octanol–water partition coefficient (Wildman–Crippen LogP) is 6.76. The van der Waals surface area contributed by atoms with Gasteiger partial charge in [0.2, 0.25) is 5.95 Å². The van der Waals surface area contributed by atoms with Crippen LogP contribution in [0.25, 0.3) is 11.0 Å². The summed E-state index contributed by atoms with van der Waals surface area (Å²) in [6.07, 6.45) is 14.9. The van der Waals surface area contributed by atoms with Gasteiger partial charge in [0, 0.05) is 43.5 Å². The first-order valence-corrected chi connectivity index (χ1v) is 16.6. The highest BCUT2D eigenvalue weighted by Crippen LogP contribution is 2.39. The van der Waals surface area contributed by atoms with Gasteiger partial charge in [-0.1, -0.05) is 40.2 Å². The Labute approximate surface area is 258 Å². The Morgan fingerprint density at radius 3 is 2.33 bits per heavy atom. The summed E-state index contributed by atoms with van der Waals surface area (Å²) in [5.74, 6) is 1.76. The van der Waals surface area contributed by atoms with Crippen molar-refractivity contribution in [1.29, 1.82) is 0 Å². The number of nitrogens with one attached hydrogen (secondary N) is 2. The molecular weight excluding hydrogens is 536 g/mol. The molecule has 43 heavy (non-hydrogen) atoms. The molecule has 5 heterocycles. The Bertz CT molecular complexity index is 1290. The van der Waals surface area contributed by atoms with Gasteiger partial charge in [-0.25, -0.2) is 9.97 Å². The molecular formula is C34H54N8O. The fourth-order valence-electron chi connectivity index (χ4n) is 6.37. The smallest absolute Gasteiger partial charge is 0.270 e. The molecule has 3 fully saturated rings. The lowest BCUT2D eigenvalue weighted by Crippen LogP contribution is -2.61. The Balaban J connectivity index is 0.000000401. The zero-order valence-corrected chi connectivity index (χ0v) is 27.6. The van der Waals surface area contributed by atoms with Gasteiger partial charge in [0.05, 0.1) is 0 Å². The molecule has 6 rings (SSSR count). The highest BCUT2D eigenvalue weighted by molar-refractivity contribution is 5.97. The minimum Gasteiger partial charge on any atom is -0.343 e. The molecule has 1 saturated carbocycles. The van der Waals surface area contributed by atoms with Crippen molar-refractivity contribution in [3.05, 3.63) is 41.9 Å². The van der Waals surface area contributed by atoms with Gasteiger partial charge in [-0.15, -0.1) is 0 Å². The van der Waals surface area contributed by atoms with Crippen LogP contribution in [-0.2, 0) is 0 Å². The maximum Gasteiger partial charge on any atom is 0.270 e. The van der Waals surface area contributed by atoms with Gasteiger partial charge in [0.1, 0.15) is 17.2 Å². The average Bonchev–Trinajstić information content (AvgIpc) is 3.34. The largest absolute Gasteiger partial charge is 0.343 e. The monoisotopic (exact) mass is 590 g/mol. The first-order chi connectivity index (χ1) is 20.8. The van der Waals surface area contributed by atoms with Crippen LogP contribution >= 0.6 is 0 Å². The number of fused-ring (bicyclic) bond motifs is 1. The molecule has 3 aliphatic rings. The molecule has 0 aromatic carbocycles. The molecule has 9 heteroatoms. The summed E-state index contributed by atoms with van der Waals surface area (Å²) in [5.41, 5.74) is 3.43. The van der Waals surface area contributed by atoms with Crippen LogP contribution in [0.15, 0.2) is 30.6 Å². The molecule has 1 unspecified atom stereocenters.